The molecule has 61 heavy (non-hydrogen) atoms. The second-order valence-corrected chi connectivity index (χ2v) is 15.7. The van der Waals surface area contributed by atoms with Crippen LogP contribution in [0.25, 0.3) is 78.4 Å². The van der Waals surface area contributed by atoms with E-state index in [2.05, 4.69) is 231 Å². The molecule has 0 amide bonds. The van der Waals surface area contributed by atoms with Gasteiger partial charge in [0.2, 0.25) is 0 Å². The van der Waals surface area contributed by atoms with Crippen molar-refractivity contribution in [1.29, 1.82) is 0 Å². The molecule has 2 nitrogen and oxygen atoms in total. The van der Waals surface area contributed by atoms with Gasteiger partial charge in [-0.15, -0.1) is 0 Å². The fourth-order valence-corrected chi connectivity index (χ4v) is 9.33. The Kier molecular flexibility index (Phi) is 9.09. The van der Waals surface area contributed by atoms with Crippen LogP contribution in [0.15, 0.2) is 243 Å². The molecule has 1 heterocycles. The monoisotopic (exact) mass is 776 g/mol. The van der Waals surface area contributed by atoms with Gasteiger partial charge >= 0.3 is 0 Å². The molecule has 2 heteroatoms. The molecule has 0 aliphatic heterocycles. The Bertz CT molecular complexity index is 3080. The van der Waals surface area contributed by atoms with E-state index < -0.39 is 5.41 Å². The van der Waals surface area contributed by atoms with Gasteiger partial charge in [0, 0.05) is 16.7 Å². The predicted molar refractivity (Wildman–Crippen MR) is 252 cm³/mol. The highest BCUT2D eigenvalue weighted by atomic mass is 14.9. The molecule has 0 fully saturated rings. The average Bonchev–Trinajstić information content (AvgIpc) is 3.66. The first-order valence-corrected chi connectivity index (χ1v) is 20.9. The normalized spacial score (nSPS) is 12.4. The van der Waals surface area contributed by atoms with Crippen molar-refractivity contribution in [3.63, 3.8) is 0 Å². The number of rotatable bonds is 8. The molecule has 1 aliphatic rings. The quantitative estimate of drug-likeness (QED) is 0.154. The van der Waals surface area contributed by atoms with Gasteiger partial charge < -0.3 is 0 Å². The summed E-state index contributed by atoms with van der Waals surface area (Å²) in [6, 6.07) is 87.2. The van der Waals surface area contributed by atoms with E-state index in [9.17, 15) is 0 Å². The maximum Gasteiger partial charge on any atom is 0.160 e. The van der Waals surface area contributed by atoms with E-state index in [0.717, 1.165) is 44.8 Å². The van der Waals surface area contributed by atoms with Gasteiger partial charge in [-0.1, -0.05) is 212 Å². The molecule has 9 aromatic carbocycles. The highest BCUT2D eigenvalue weighted by molar-refractivity contribution is 5.87. The zero-order chi connectivity index (χ0) is 40.6. The minimum Gasteiger partial charge on any atom is -0.228 e. The lowest BCUT2D eigenvalue weighted by molar-refractivity contribution is 0.769. The molecule has 0 atom stereocenters. The fourth-order valence-electron chi connectivity index (χ4n) is 9.33. The SMILES string of the molecule is c1ccc(-c2cc(-c3ccccc3)nc(-c3cccc(-c4cccc(-c5cccc(-c6cccc(C7(c8ccccc8)c8ccccc8-c8ccccc87)c6)c5)c4)c3)n2)cc1. The second-order valence-electron chi connectivity index (χ2n) is 15.7. The number of nitrogens with zero attached hydrogens (tertiary/aromatic N) is 2. The first-order valence-electron chi connectivity index (χ1n) is 20.9. The summed E-state index contributed by atoms with van der Waals surface area (Å²) in [5.41, 5.74) is 19.2. The van der Waals surface area contributed by atoms with Crippen molar-refractivity contribution in [3.05, 3.63) is 265 Å². The van der Waals surface area contributed by atoms with Gasteiger partial charge in [-0.25, -0.2) is 9.97 Å². The molecule has 0 spiro atoms. The van der Waals surface area contributed by atoms with E-state index in [-0.39, 0.29) is 0 Å². The Morgan fingerprint density at radius 2 is 0.590 bits per heavy atom. The number of fused-ring (bicyclic) bond motifs is 3. The second kappa shape index (κ2) is 15.3. The van der Waals surface area contributed by atoms with Crippen LogP contribution in [0.5, 0.6) is 0 Å². The Morgan fingerprint density at radius 3 is 1.08 bits per heavy atom. The highest BCUT2D eigenvalue weighted by Gasteiger charge is 2.45. The van der Waals surface area contributed by atoms with E-state index in [1.807, 2.05) is 12.1 Å². The summed E-state index contributed by atoms with van der Waals surface area (Å²) in [5.74, 6) is 0.701. The standard InChI is InChI=1S/C59H40N2/c1-4-18-41(19-5-1)56-40-57(42-20-6-2-7-21-42)61-58(60-56)49-28-16-26-47(38-49)45-24-14-22-43(36-45)44-23-15-25-46(37-44)48-27-17-31-51(39-48)59(50-29-8-3-9-30-50)54-34-12-10-32-52(54)53-33-11-13-35-55(53)59/h1-40H. The molecule has 0 radical (unpaired) electrons. The molecular weight excluding hydrogens is 737 g/mol. The van der Waals surface area contributed by atoms with E-state index >= 15 is 0 Å². The van der Waals surface area contributed by atoms with Crippen molar-refractivity contribution < 1.29 is 0 Å². The van der Waals surface area contributed by atoms with Crippen LogP contribution in [0.3, 0.4) is 0 Å². The predicted octanol–water partition coefficient (Wildman–Crippen LogP) is 14.8. The first-order chi connectivity index (χ1) is 30.2. The summed E-state index contributed by atoms with van der Waals surface area (Å²) in [6.45, 7) is 0. The largest absolute Gasteiger partial charge is 0.228 e. The van der Waals surface area contributed by atoms with E-state index in [1.165, 1.54) is 50.1 Å². The van der Waals surface area contributed by atoms with Crippen LogP contribution < -0.4 is 0 Å². The molecule has 286 valence electrons. The summed E-state index contributed by atoms with van der Waals surface area (Å²) in [6.07, 6.45) is 0. The summed E-state index contributed by atoms with van der Waals surface area (Å²) in [5, 5.41) is 0. The number of hydrogen-bond acceptors (Lipinski definition) is 2. The molecule has 1 aliphatic carbocycles. The average molecular weight is 777 g/mol. The van der Waals surface area contributed by atoms with Gasteiger partial charge in [-0.05, 0) is 97.1 Å². The lowest BCUT2D eigenvalue weighted by Crippen LogP contribution is -2.28. The van der Waals surface area contributed by atoms with Crippen molar-refractivity contribution in [1.82, 2.24) is 9.97 Å². The lowest BCUT2D eigenvalue weighted by Gasteiger charge is -2.34. The van der Waals surface area contributed by atoms with Gasteiger partial charge in [0.25, 0.3) is 0 Å². The van der Waals surface area contributed by atoms with Gasteiger partial charge in [-0.2, -0.15) is 0 Å². The number of hydrogen-bond donors (Lipinski definition) is 0. The maximum atomic E-state index is 5.10. The maximum absolute atomic E-state index is 5.10. The van der Waals surface area contributed by atoms with E-state index in [0.29, 0.717) is 5.82 Å². The van der Waals surface area contributed by atoms with Gasteiger partial charge in [-0.3, -0.25) is 0 Å². The van der Waals surface area contributed by atoms with E-state index in [4.69, 9.17) is 9.97 Å². The van der Waals surface area contributed by atoms with Crippen LogP contribution in [-0.4, -0.2) is 9.97 Å². The van der Waals surface area contributed by atoms with Crippen LogP contribution in [0.4, 0.5) is 0 Å². The molecule has 0 unspecified atom stereocenters. The zero-order valence-corrected chi connectivity index (χ0v) is 33.5. The van der Waals surface area contributed by atoms with Crippen molar-refractivity contribution >= 4 is 0 Å². The molecule has 0 N–H and O–H groups in total. The smallest absolute Gasteiger partial charge is 0.160 e. The minimum atomic E-state index is -0.443. The lowest BCUT2D eigenvalue weighted by atomic mass is 9.67. The summed E-state index contributed by atoms with van der Waals surface area (Å²) in [7, 11) is 0. The molecule has 11 rings (SSSR count). The summed E-state index contributed by atoms with van der Waals surface area (Å²) >= 11 is 0. The van der Waals surface area contributed by atoms with Crippen LogP contribution in [-0.2, 0) is 5.41 Å². The third kappa shape index (κ3) is 6.46. The number of aromatic nitrogens is 2. The van der Waals surface area contributed by atoms with Crippen LogP contribution in [0.2, 0.25) is 0 Å². The fraction of sp³-hybridized carbons (Fsp3) is 0.0169. The van der Waals surface area contributed by atoms with Crippen molar-refractivity contribution in [2.45, 2.75) is 5.41 Å². The Balaban J connectivity index is 0.961. The van der Waals surface area contributed by atoms with Crippen LogP contribution in [0, 0.1) is 0 Å². The summed E-state index contributed by atoms with van der Waals surface area (Å²) < 4.78 is 0. The van der Waals surface area contributed by atoms with Crippen molar-refractivity contribution in [2.75, 3.05) is 0 Å². The minimum absolute atomic E-state index is 0.443. The number of benzene rings is 9. The van der Waals surface area contributed by atoms with Crippen molar-refractivity contribution in [3.8, 4) is 78.4 Å². The van der Waals surface area contributed by atoms with Crippen molar-refractivity contribution in [2.24, 2.45) is 0 Å². The molecule has 0 bridgehead atoms. The zero-order valence-electron chi connectivity index (χ0n) is 33.5. The van der Waals surface area contributed by atoms with Gasteiger partial charge in [0.15, 0.2) is 5.82 Å². The Morgan fingerprint density at radius 1 is 0.246 bits per heavy atom. The van der Waals surface area contributed by atoms with Crippen LogP contribution in [0.1, 0.15) is 22.3 Å². The van der Waals surface area contributed by atoms with Gasteiger partial charge in [0.05, 0.1) is 16.8 Å². The van der Waals surface area contributed by atoms with Crippen LogP contribution >= 0.6 is 0 Å². The molecular formula is C59H40N2. The highest BCUT2D eigenvalue weighted by Crippen LogP contribution is 2.56. The third-order valence-electron chi connectivity index (χ3n) is 12.2. The first kappa shape index (κ1) is 36.2. The summed E-state index contributed by atoms with van der Waals surface area (Å²) in [4.78, 5) is 10.2. The Labute approximate surface area is 357 Å². The third-order valence-corrected chi connectivity index (χ3v) is 12.2. The molecule has 10 aromatic rings. The van der Waals surface area contributed by atoms with E-state index in [1.54, 1.807) is 0 Å². The molecule has 0 saturated carbocycles. The molecule has 1 aromatic heterocycles. The topological polar surface area (TPSA) is 25.8 Å². The Hall–Kier alpha value is -7.94. The van der Waals surface area contributed by atoms with Gasteiger partial charge in [0.1, 0.15) is 0 Å². The molecule has 0 saturated heterocycles.